The lowest BCUT2D eigenvalue weighted by molar-refractivity contribution is -0.416. The Hall–Kier alpha value is -1.91. The highest BCUT2D eigenvalue weighted by Crippen LogP contribution is 2.38. The number of hydroxylamine groups is 1. The molecule has 1 aromatic rings. The molecule has 0 atom stereocenters. The number of methoxy groups -OCH3 is 3. The predicted octanol–water partition coefficient (Wildman–Crippen LogP) is 1.27. The summed E-state index contributed by atoms with van der Waals surface area (Å²) in [5.41, 5.74) is 0.637. The summed E-state index contributed by atoms with van der Waals surface area (Å²) in [6.07, 6.45) is 1.40. The zero-order valence-corrected chi connectivity index (χ0v) is 9.81. The van der Waals surface area contributed by atoms with E-state index in [4.69, 9.17) is 14.2 Å². The number of hydrogen-bond acceptors (Lipinski definition) is 4. The first kappa shape index (κ1) is 12.2. The van der Waals surface area contributed by atoms with Gasteiger partial charge in [0.2, 0.25) is 5.75 Å². The van der Waals surface area contributed by atoms with Crippen molar-refractivity contribution in [1.29, 1.82) is 0 Å². The molecule has 0 unspecified atom stereocenters. The van der Waals surface area contributed by atoms with Crippen molar-refractivity contribution in [3.8, 4) is 17.2 Å². The number of rotatable bonds is 4. The lowest BCUT2D eigenvalue weighted by atomic mass is 10.2. The summed E-state index contributed by atoms with van der Waals surface area (Å²) < 4.78 is 16.2. The molecule has 0 spiro atoms. The van der Waals surface area contributed by atoms with E-state index in [1.165, 1.54) is 27.5 Å². The quantitative estimate of drug-likeness (QED) is 0.335. The Morgan fingerprint density at radius 2 is 1.69 bits per heavy atom. The fourth-order valence-corrected chi connectivity index (χ4v) is 1.42. The van der Waals surface area contributed by atoms with E-state index < -0.39 is 0 Å². The van der Waals surface area contributed by atoms with Gasteiger partial charge >= 0.3 is 0 Å². The van der Waals surface area contributed by atoms with Gasteiger partial charge < -0.3 is 19.4 Å². The van der Waals surface area contributed by atoms with Crippen molar-refractivity contribution in [2.75, 3.05) is 28.4 Å². The Morgan fingerprint density at radius 1 is 1.06 bits per heavy atom. The van der Waals surface area contributed by atoms with Gasteiger partial charge in [0, 0.05) is 0 Å². The Kier molecular flexibility index (Phi) is 3.99. The third-order valence-electron chi connectivity index (χ3n) is 2.06. The first-order valence-electron chi connectivity index (χ1n) is 4.67. The summed E-state index contributed by atoms with van der Waals surface area (Å²) in [5, 5.41) is 11.0. The maximum absolute atomic E-state index is 11.0. The molecular formula is C11H15NO4. The molecular weight excluding hydrogens is 210 g/mol. The Balaban J connectivity index is 3.37. The molecule has 0 radical (unpaired) electrons. The van der Waals surface area contributed by atoms with Crippen LogP contribution in [-0.2, 0) is 0 Å². The van der Waals surface area contributed by atoms with E-state index in [0.29, 0.717) is 27.6 Å². The largest absolute Gasteiger partial charge is 0.624 e. The molecule has 0 amide bonds. The van der Waals surface area contributed by atoms with Gasteiger partial charge in [-0.05, 0) is 12.1 Å². The van der Waals surface area contributed by atoms with Gasteiger partial charge in [-0.25, -0.2) is 4.74 Å². The molecule has 0 saturated heterocycles. The van der Waals surface area contributed by atoms with Crippen LogP contribution in [-0.4, -0.2) is 39.3 Å². The van der Waals surface area contributed by atoms with Crippen molar-refractivity contribution in [2.24, 2.45) is 0 Å². The number of hydrogen-bond donors (Lipinski definition) is 0. The van der Waals surface area contributed by atoms with Crippen molar-refractivity contribution in [3.63, 3.8) is 0 Å². The van der Waals surface area contributed by atoms with E-state index >= 15 is 0 Å². The normalized spacial score (nSPS) is 11.1. The fraction of sp³-hybridized carbons (Fsp3) is 0.364. The third kappa shape index (κ3) is 2.36. The van der Waals surface area contributed by atoms with Gasteiger partial charge in [-0.1, -0.05) is 0 Å². The summed E-state index contributed by atoms with van der Waals surface area (Å²) in [5.74, 6) is 1.51. The highest BCUT2D eigenvalue weighted by molar-refractivity contribution is 5.83. The van der Waals surface area contributed by atoms with Crippen LogP contribution in [0, 0.1) is 5.21 Å². The second kappa shape index (κ2) is 5.25. The second-order valence-corrected chi connectivity index (χ2v) is 3.10. The van der Waals surface area contributed by atoms with Gasteiger partial charge in [0.25, 0.3) is 0 Å². The van der Waals surface area contributed by atoms with Crippen molar-refractivity contribution in [1.82, 2.24) is 0 Å². The molecule has 5 heteroatoms. The second-order valence-electron chi connectivity index (χ2n) is 3.10. The van der Waals surface area contributed by atoms with Gasteiger partial charge in [0.05, 0.1) is 26.9 Å². The van der Waals surface area contributed by atoms with Crippen molar-refractivity contribution >= 4 is 6.21 Å². The minimum absolute atomic E-state index is 0.473. The number of benzene rings is 1. The van der Waals surface area contributed by atoms with Crippen LogP contribution in [0.25, 0.3) is 0 Å². The molecule has 0 N–H and O–H groups in total. The first-order valence-corrected chi connectivity index (χ1v) is 4.67. The maximum atomic E-state index is 11.0. The minimum atomic E-state index is 0.473. The summed E-state index contributed by atoms with van der Waals surface area (Å²) in [4.78, 5) is 0. The van der Waals surface area contributed by atoms with Gasteiger partial charge in [0.15, 0.2) is 17.7 Å². The van der Waals surface area contributed by atoms with E-state index in [-0.39, 0.29) is 0 Å². The Bertz CT molecular complexity index is 397. The average Bonchev–Trinajstić information content (AvgIpc) is 2.27. The molecule has 88 valence electrons. The summed E-state index contributed by atoms with van der Waals surface area (Å²) in [6, 6.07) is 3.45. The molecule has 0 aromatic heterocycles. The van der Waals surface area contributed by atoms with Crippen LogP contribution in [0.3, 0.4) is 0 Å². The van der Waals surface area contributed by atoms with E-state index in [2.05, 4.69) is 0 Å². The average molecular weight is 225 g/mol. The predicted molar refractivity (Wildman–Crippen MR) is 60.8 cm³/mol. The van der Waals surface area contributed by atoms with Crippen LogP contribution in [0.4, 0.5) is 0 Å². The zero-order valence-electron chi connectivity index (χ0n) is 9.81. The SMILES string of the molecule is COc1ccc(/C=[N+](/C)[O-])c(OC)c1OC. The lowest BCUT2D eigenvalue weighted by Gasteiger charge is -2.13. The van der Waals surface area contributed by atoms with E-state index in [9.17, 15) is 5.21 Å². The van der Waals surface area contributed by atoms with E-state index in [0.717, 1.165) is 0 Å². The monoisotopic (exact) mass is 225 g/mol. The van der Waals surface area contributed by atoms with Crippen molar-refractivity contribution in [3.05, 3.63) is 22.9 Å². The molecule has 0 fully saturated rings. The fourth-order valence-electron chi connectivity index (χ4n) is 1.42. The molecule has 5 nitrogen and oxygen atoms in total. The molecule has 1 aromatic carbocycles. The molecule has 0 heterocycles. The van der Waals surface area contributed by atoms with E-state index in [1.54, 1.807) is 19.2 Å². The molecule has 0 saturated carbocycles. The highest BCUT2D eigenvalue weighted by Gasteiger charge is 2.15. The van der Waals surface area contributed by atoms with Gasteiger partial charge in [-0.2, -0.15) is 0 Å². The molecule has 0 aliphatic carbocycles. The topological polar surface area (TPSA) is 53.8 Å². The molecule has 16 heavy (non-hydrogen) atoms. The first-order chi connectivity index (χ1) is 7.63. The summed E-state index contributed by atoms with van der Waals surface area (Å²) in [6.45, 7) is 0. The van der Waals surface area contributed by atoms with Crippen LogP contribution in [0.15, 0.2) is 12.1 Å². The molecule has 0 aliphatic heterocycles. The van der Waals surface area contributed by atoms with Crippen molar-refractivity contribution in [2.45, 2.75) is 0 Å². The third-order valence-corrected chi connectivity index (χ3v) is 2.06. The standard InChI is InChI=1S/C11H15NO4/c1-12(13)7-8-5-6-9(14-2)11(16-4)10(8)15-3/h5-7H,1-4H3/b12-7-. The Labute approximate surface area is 94.5 Å². The Morgan fingerprint density at radius 3 is 2.12 bits per heavy atom. The van der Waals surface area contributed by atoms with E-state index in [1.807, 2.05) is 0 Å². The smallest absolute Gasteiger partial charge is 0.204 e. The van der Waals surface area contributed by atoms with Gasteiger partial charge in [-0.3, -0.25) is 0 Å². The highest BCUT2D eigenvalue weighted by atomic mass is 16.5. The van der Waals surface area contributed by atoms with Crippen molar-refractivity contribution < 1.29 is 18.9 Å². The van der Waals surface area contributed by atoms with Crippen LogP contribution >= 0.6 is 0 Å². The number of ether oxygens (including phenoxy) is 3. The zero-order chi connectivity index (χ0) is 12.1. The van der Waals surface area contributed by atoms with Crippen LogP contribution in [0.2, 0.25) is 0 Å². The van der Waals surface area contributed by atoms with Crippen LogP contribution < -0.4 is 14.2 Å². The maximum Gasteiger partial charge on any atom is 0.204 e. The minimum Gasteiger partial charge on any atom is -0.624 e. The summed E-state index contributed by atoms with van der Waals surface area (Å²) in [7, 11) is 5.97. The molecule has 0 aliphatic rings. The summed E-state index contributed by atoms with van der Waals surface area (Å²) >= 11 is 0. The van der Waals surface area contributed by atoms with Crippen LogP contribution in [0.1, 0.15) is 5.56 Å². The van der Waals surface area contributed by atoms with Crippen LogP contribution in [0.5, 0.6) is 17.2 Å². The molecule has 1 rings (SSSR count). The van der Waals surface area contributed by atoms with Gasteiger partial charge in [-0.15, -0.1) is 0 Å². The molecule has 0 bridgehead atoms. The number of nitrogens with zero attached hydrogens (tertiary/aromatic N) is 1. The van der Waals surface area contributed by atoms with Gasteiger partial charge in [0.1, 0.15) is 7.05 Å². The lowest BCUT2D eigenvalue weighted by Crippen LogP contribution is -2.02.